The second-order valence-corrected chi connectivity index (χ2v) is 5.42. The first-order valence-corrected chi connectivity index (χ1v) is 6.98. The minimum atomic E-state index is -5.14. The van der Waals surface area contributed by atoms with E-state index in [4.69, 9.17) is 10.4 Å². The Labute approximate surface area is 143 Å². The average Bonchev–Trinajstić information content (AvgIpc) is 2.51. The highest BCUT2D eigenvalue weighted by atomic mass is 19.4. The van der Waals surface area contributed by atoms with Crippen LogP contribution < -0.4 is 5.32 Å². The lowest BCUT2D eigenvalue weighted by Crippen LogP contribution is -2.41. The molecule has 0 aliphatic rings. The normalized spacial score (nSPS) is 14.2. The number of carbonyl (C=O) groups is 2. The van der Waals surface area contributed by atoms with Gasteiger partial charge in [-0.05, 0) is 31.5 Å². The van der Waals surface area contributed by atoms with Crippen LogP contribution in [0, 0.1) is 17.2 Å². The summed E-state index contributed by atoms with van der Waals surface area (Å²) in [6.07, 6.45) is -10.7. The number of nitrogens with one attached hydrogen (secondary N) is 1. The van der Waals surface area contributed by atoms with E-state index in [0.717, 1.165) is 0 Å². The first kappa shape index (κ1) is 21.3. The molecule has 0 aromatic heterocycles. The number of aliphatic carboxylic acids is 1. The molecular formula is C15H12F6N2O3. The van der Waals surface area contributed by atoms with Crippen LogP contribution in [0.15, 0.2) is 18.2 Å². The number of benzene rings is 1. The van der Waals surface area contributed by atoms with E-state index in [-0.39, 0.29) is 24.6 Å². The summed E-state index contributed by atoms with van der Waals surface area (Å²) in [5.41, 5.74) is -4.40. The van der Waals surface area contributed by atoms with E-state index in [1.807, 2.05) is 5.32 Å². The molecule has 0 spiro atoms. The van der Waals surface area contributed by atoms with E-state index in [9.17, 15) is 35.9 Å². The monoisotopic (exact) mass is 382 g/mol. The molecular weight excluding hydrogens is 370 g/mol. The van der Waals surface area contributed by atoms with Crippen LogP contribution in [0.25, 0.3) is 0 Å². The van der Waals surface area contributed by atoms with Crippen molar-refractivity contribution in [2.24, 2.45) is 5.92 Å². The van der Waals surface area contributed by atoms with Gasteiger partial charge in [-0.25, -0.2) is 4.79 Å². The summed E-state index contributed by atoms with van der Waals surface area (Å²) >= 11 is 0. The van der Waals surface area contributed by atoms with Crippen molar-refractivity contribution in [1.82, 2.24) is 5.32 Å². The molecule has 1 aromatic rings. The Kier molecular flexibility index (Phi) is 6.25. The molecule has 26 heavy (non-hydrogen) atoms. The number of carboxylic acid groups (broad SMARTS) is 1. The Balaban J connectivity index is 3.26. The van der Waals surface area contributed by atoms with Crippen molar-refractivity contribution in [3.05, 3.63) is 34.9 Å². The number of nitrogens with zero attached hydrogens (tertiary/aromatic N) is 1. The van der Waals surface area contributed by atoms with Crippen LogP contribution in [0.2, 0.25) is 0 Å². The SMILES string of the molecule is C[C@H](C#N)C[C@H](NC(=O)c1cc(C(F)(F)F)cc(C(F)(F)F)c1)C(=O)O. The van der Waals surface area contributed by atoms with E-state index < -0.39 is 52.9 Å². The number of carboxylic acids is 1. The maximum Gasteiger partial charge on any atom is 0.416 e. The summed E-state index contributed by atoms with van der Waals surface area (Å²) in [6.45, 7) is 1.34. The van der Waals surface area contributed by atoms with E-state index in [1.165, 1.54) is 6.92 Å². The highest BCUT2D eigenvalue weighted by Gasteiger charge is 2.37. The van der Waals surface area contributed by atoms with Crippen molar-refractivity contribution < 1.29 is 41.0 Å². The lowest BCUT2D eigenvalue weighted by molar-refractivity contribution is -0.143. The van der Waals surface area contributed by atoms with Crippen LogP contribution in [0.4, 0.5) is 26.3 Å². The van der Waals surface area contributed by atoms with Crippen molar-refractivity contribution in [1.29, 1.82) is 5.26 Å². The van der Waals surface area contributed by atoms with Gasteiger partial charge in [-0.15, -0.1) is 0 Å². The lowest BCUT2D eigenvalue weighted by atomic mass is 10.0. The highest BCUT2D eigenvalue weighted by molar-refractivity contribution is 5.97. The second-order valence-electron chi connectivity index (χ2n) is 5.42. The molecule has 0 bridgehead atoms. The van der Waals surface area contributed by atoms with Gasteiger partial charge in [-0.3, -0.25) is 4.79 Å². The maximum absolute atomic E-state index is 12.8. The van der Waals surface area contributed by atoms with Crippen LogP contribution in [-0.4, -0.2) is 23.0 Å². The van der Waals surface area contributed by atoms with E-state index in [2.05, 4.69) is 0 Å². The van der Waals surface area contributed by atoms with Gasteiger partial charge in [0.15, 0.2) is 0 Å². The first-order valence-electron chi connectivity index (χ1n) is 6.98. The molecule has 0 saturated carbocycles. The second kappa shape index (κ2) is 7.63. The molecule has 142 valence electrons. The smallest absolute Gasteiger partial charge is 0.416 e. The number of nitriles is 1. The van der Waals surface area contributed by atoms with Gasteiger partial charge in [0.1, 0.15) is 6.04 Å². The summed E-state index contributed by atoms with van der Waals surface area (Å²) in [5.74, 6) is -3.83. The lowest BCUT2D eigenvalue weighted by Gasteiger charge is -2.17. The van der Waals surface area contributed by atoms with Crippen molar-refractivity contribution in [2.45, 2.75) is 31.7 Å². The molecule has 0 unspecified atom stereocenters. The van der Waals surface area contributed by atoms with Crippen molar-refractivity contribution in [3.63, 3.8) is 0 Å². The fourth-order valence-electron chi connectivity index (χ4n) is 1.96. The third-order valence-corrected chi connectivity index (χ3v) is 3.26. The maximum atomic E-state index is 12.8. The van der Waals surface area contributed by atoms with Crippen LogP contribution in [-0.2, 0) is 17.1 Å². The quantitative estimate of drug-likeness (QED) is 0.764. The molecule has 1 amide bonds. The average molecular weight is 382 g/mol. The third-order valence-electron chi connectivity index (χ3n) is 3.26. The number of hydrogen-bond acceptors (Lipinski definition) is 3. The summed E-state index contributed by atoms with van der Waals surface area (Å²) < 4.78 is 76.7. The van der Waals surface area contributed by atoms with Crippen molar-refractivity contribution in [2.75, 3.05) is 0 Å². The molecule has 0 fully saturated rings. The van der Waals surface area contributed by atoms with Gasteiger partial charge in [0.2, 0.25) is 0 Å². The summed E-state index contributed by atoms with van der Waals surface area (Å²) in [6, 6.07) is 0.291. The number of halogens is 6. The first-order chi connectivity index (χ1) is 11.8. The topological polar surface area (TPSA) is 90.2 Å². The molecule has 0 heterocycles. The summed E-state index contributed by atoms with van der Waals surface area (Å²) in [7, 11) is 0. The standard InChI is InChI=1S/C15H12F6N2O3/c1-7(6-22)2-11(13(25)26)23-12(24)8-3-9(14(16,17)18)5-10(4-8)15(19,20)21/h3-5,7,11H,2H2,1H3,(H,23,24)(H,25,26)/t7-,11-/m0/s1. The number of carbonyl (C=O) groups excluding carboxylic acids is 1. The molecule has 0 saturated heterocycles. The Hall–Kier alpha value is -2.77. The Morgan fingerprint density at radius 2 is 1.58 bits per heavy atom. The minimum absolute atomic E-state index is 0.150. The number of alkyl halides is 6. The highest BCUT2D eigenvalue weighted by Crippen LogP contribution is 2.36. The zero-order chi connectivity index (χ0) is 20.3. The molecule has 1 aromatic carbocycles. The van der Waals surface area contributed by atoms with Gasteiger partial charge in [0.05, 0.1) is 17.2 Å². The van der Waals surface area contributed by atoms with Gasteiger partial charge >= 0.3 is 18.3 Å². The van der Waals surface area contributed by atoms with Crippen molar-refractivity contribution >= 4 is 11.9 Å². The predicted molar refractivity (Wildman–Crippen MR) is 74.7 cm³/mol. The van der Waals surface area contributed by atoms with Crippen LogP contribution in [0.5, 0.6) is 0 Å². The fourth-order valence-corrected chi connectivity index (χ4v) is 1.96. The van der Waals surface area contributed by atoms with Gasteiger partial charge < -0.3 is 10.4 Å². The molecule has 5 nitrogen and oxygen atoms in total. The fraction of sp³-hybridized carbons (Fsp3) is 0.400. The van der Waals surface area contributed by atoms with Crippen LogP contribution >= 0.6 is 0 Å². The minimum Gasteiger partial charge on any atom is -0.480 e. The molecule has 0 radical (unpaired) electrons. The third kappa shape index (κ3) is 5.65. The van der Waals surface area contributed by atoms with Gasteiger partial charge in [-0.2, -0.15) is 31.6 Å². The number of rotatable bonds is 5. The molecule has 0 aliphatic carbocycles. The Bertz CT molecular complexity index is 704. The zero-order valence-corrected chi connectivity index (χ0v) is 13.1. The Morgan fingerprint density at radius 1 is 1.12 bits per heavy atom. The largest absolute Gasteiger partial charge is 0.480 e. The number of amides is 1. The summed E-state index contributed by atoms with van der Waals surface area (Å²) in [5, 5.41) is 19.5. The number of hydrogen-bond donors (Lipinski definition) is 2. The van der Waals surface area contributed by atoms with Gasteiger partial charge in [0, 0.05) is 11.5 Å². The molecule has 2 atom stereocenters. The zero-order valence-electron chi connectivity index (χ0n) is 13.1. The van der Waals surface area contributed by atoms with E-state index in [1.54, 1.807) is 6.07 Å². The van der Waals surface area contributed by atoms with Crippen LogP contribution in [0.1, 0.15) is 34.8 Å². The molecule has 1 rings (SSSR count). The summed E-state index contributed by atoms with van der Waals surface area (Å²) in [4.78, 5) is 23.1. The molecule has 0 aliphatic heterocycles. The predicted octanol–water partition coefficient (Wildman–Crippen LogP) is 3.46. The van der Waals surface area contributed by atoms with Gasteiger partial charge in [-0.1, -0.05) is 0 Å². The van der Waals surface area contributed by atoms with E-state index in [0.29, 0.717) is 0 Å². The Morgan fingerprint density at radius 3 is 1.92 bits per heavy atom. The molecule has 11 heteroatoms. The van der Waals surface area contributed by atoms with Crippen LogP contribution in [0.3, 0.4) is 0 Å². The van der Waals surface area contributed by atoms with Crippen molar-refractivity contribution in [3.8, 4) is 6.07 Å². The van der Waals surface area contributed by atoms with Gasteiger partial charge in [0.25, 0.3) is 5.91 Å². The van der Waals surface area contributed by atoms with E-state index >= 15 is 0 Å². The molecule has 2 N–H and O–H groups in total.